The van der Waals surface area contributed by atoms with Crippen molar-refractivity contribution in [2.75, 3.05) is 19.6 Å². The minimum atomic E-state index is -3.48. The summed E-state index contributed by atoms with van der Waals surface area (Å²) in [7, 11) is -3.48. The molecular formula is C13H19N3O3S. The van der Waals surface area contributed by atoms with Crippen molar-refractivity contribution in [3.8, 4) is 0 Å². The number of rotatable bonds is 4. The highest BCUT2D eigenvalue weighted by molar-refractivity contribution is 7.89. The first-order valence-electron chi connectivity index (χ1n) is 6.73. The maximum atomic E-state index is 12.4. The van der Waals surface area contributed by atoms with Gasteiger partial charge in [0.25, 0.3) is 0 Å². The molecule has 0 unspecified atom stereocenters. The highest BCUT2D eigenvalue weighted by atomic mass is 32.2. The topological polar surface area (TPSA) is 79.4 Å². The number of nitrogens with zero attached hydrogens (tertiary/aromatic N) is 2. The Morgan fingerprint density at radius 3 is 2.70 bits per heavy atom. The SMILES string of the molecule is CCNC(=O)C1CCN(S(=O)(=O)c2cccnc2)CC1. The van der Waals surface area contributed by atoms with Gasteiger partial charge < -0.3 is 5.32 Å². The average Bonchev–Trinajstić information content (AvgIpc) is 2.48. The number of hydrogen-bond acceptors (Lipinski definition) is 4. The van der Waals surface area contributed by atoms with Gasteiger partial charge in [-0.1, -0.05) is 0 Å². The molecule has 1 aliphatic heterocycles. The first-order valence-corrected chi connectivity index (χ1v) is 8.17. The Kier molecular flexibility index (Phi) is 4.72. The van der Waals surface area contributed by atoms with Crippen molar-refractivity contribution in [2.24, 2.45) is 5.92 Å². The normalized spacial score (nSPS) is 17.9. The van der Waals surface area contributed by atoms with E-state index in [2.05, 4.69) is 10.3 Å². The van der Waals surface area contributed by atoms with Crippen LogP contribution < -0.4 is 5.32 Å². The molecule has 1 aliphatic rings. The van der Waals surface area contributed by atoms with Crippen LogP contribution in [0.3, 0.4) is 0 Å². The summed E-state index contributed by atoms with van der Waals surface area (Å²) in [5.41, 5.74) is 0. The summed E-state index contributed by atoms with van der Waals surface area (Å²) in [5.74, 6) is -0.0683. The Labute approximate surface area is 119 Å². The summed E-state index contributed by atoms with van der Waals surface area (Å²) < 4.78 is 26.2. The van der Waals surface area contributed by atoms with Crippen LogP contribution >= 0.6 is 0 Å². The Balaban J connectivity index is 2.02. The van der Waals surface area contributed by atoms with Gasteiger partial charge in [0.2, 0.25) is 15.9 Å². The van der Waals surface area contributed by atoms with E-state index >= 15 is 0 Å². The number of piperidine rings is 1. The van der Waals surface area contributed by atoms with Gasteiger partial charge in [-0.15, -0.1) is 0 Å². The summed E-state index contributed by atoms with van der Waals surface area (Å²) in [5, 5.41) is 2.78. The number of pyridine rings is 1. The molecule has 1 aromatic rings. The molecule has 1 N–H and O–H groups in total. The molecule has 1 fully saturated rings. The van der Waals surface area contributed by atoms with Gasteiger partial charge in [-0.25, -0.2) is 8.42 Å². The van der Waals surface area contributed by atoms with Crippen molar-refractivity contribution >= 4 is 15.9 Å². The lowest BCUT2D eigenvalue weighted by molar-refractivity contribution is -0.126. The number of hydrogen-bond donors (Lipinski definition) is 1. The Morgan fingerprint density at radius 2 is 2.15 bits per heavy atom. The molecule has 0 atom stereocenters. The molecule has 0 aromatic carbocycles. The van der Waals surface area contributed by atoms with E-state index in [-0.39, 0.29) is 16.7 Å². The van der Waals surface area contributed by atoms with Gasteiger partial charge in [0.05, 0.1) is 0 Å². The van der Waals surface area contributed by atoms with Crippen molar-refractivity contribution in [2.45, 2.75) is 24.7 Å². The maximum Gasteiger partial charge on any atom is 0.244 e. The number of amides is 1. The lowest BCUT2D eigenvalue weighted by Gasteiger charge is -2.30. The van der Waals surface area contributed by atoms with Crippen LogP contribution in [-0.4, -0.2) is 43.2 Å². The summed E-state index contributed by atoms with van der Waals surface area (Å²) in [4.78, 5) is 15.8. The lowest BCUT2D eigenvalue weighted by Crippen LogP contribution is -2.42. The molecule has 7 heteroatoms. The largest absolute Gasteiger partial charge is 0.356 e. The third-order valence-electron chi connectivity index (χ3n) is 3.45. The second-order valence-electron chi connectivity index (χ2n) is 4.76. The molecule has 0 aliphatic carbocycles. The van der Waals surface area contributed by atoms with Crippen molar-refractivity contribution < 1.29 is 13.2 Å². The van der Waals surface area contributed by atoms with E-state index in [1.807, 2.05) is 6.92 Å². The first-order chi connectivity index (χ1) is 9.55. The highest BCUT2D eigenvalue weighted by Crippen LogP contribution is 2.23. The predicted molar refractivity (Wildman–Crippen MR) is 74.4 cm³/mol. The molecule has 1 aromatic heterocycles. The van der Waals surface area contributed by atoms with Crippen LogP contribution in [-0.2, 0) is 14.8 Å². The smallest absolute Gasteiger partial charge is 0.244 e. The van der Waals surface area contributed by atoms with Crippen molar-refractivity contribution in [1.82, 2.24) is 14.6 Å². The van der Waals surface area contributed by atoms with Gasteiger partial charge in [-0.05, 0) is 31.9 Å². The number of carbonyl (C=O) groups is 1. The molecule has 110 valence electrons. The minimum absolute atomic E-state index is 0.0194. The summed E-state index contributed by atoms with van der Waals surface area (Å²) in [6.07, 6.45) is 4.02. The standard InChI is InChI=1S/C13H19N3O3S/c1-2-15-13(17)11-5-8-16(9-6-11)20(18,19)12-4-3-7-14-10-12/h3-4,7,10-11H,2,5-6,8-9H2,1H3,(H,15,17). The first kappa shape index (κ1) is 14.9. The lowest BCUT2D eigenvalue weighted by atomic mass is 9.97. The molecule has 0 spiro atoms. The number of nitrogens with one attached hydrogen (secondary N) is 1. The summed E-state index contributed by atoms with van der Waals surface area (Å²) in [6.45, 7) is 3.23. The van der Waals surface area contributed by atoms with E-state index in [0.29, 0.717) is 32.5 Å². The van der Waals surface area contributed by atoms with Gasteiger partial charge in [0, 0.05) is 37.9 Å². The van der Waals surface area contributed by atoms with E-state index in [1.165, 1.54) is 16.6 Å². The molecule has 0 saturated carbocycles. The quantitative estimate of drug-likeness (QED) is 0.883. The molecule has 6 nitrogen and oxygen atoms in total. The van der Waals surface area contributed by atoms with Crippen LogP contribution in [0.1, 0.15) is 19.8 Å². The molecule has 1 amide bonds. The fourth-order valence-electron chi connectivity index (χ4n) is 2.33. The highest BCUT2D eigenvalue weighted by Gasteiger charge is 2.31. The number of carbonyl (C=O) groups excluding carboxylic acids is 1. The molecule has 20 heavy (non-hydrogen) atoms. The van der Waals surface area contributed by atoms with Crippen LogP contribution in [0.4, 0.5) is 0 Å². The van der Waals surface area contributed by atoms with Gasteiger partial charge >= 0.3 is 0 Å². The van der Waals surface area contributed by atoms with Gasteiger partial charge in [-0.2, -0.15) is 4.31 Å². The average molecular weight is 297 g/mol. The van der Waals surface area contributed by atoms with Crippen molar-refractivity contribution in [3.63, 3.8) is 0 Å². The minimum Gasteiger partial charge on any atom is -0.356 e. The van der Waals surface area contributed by atoms with Crippen molar-refractivity contribution in [1.29, 1.82) is 0 Å². The fourth-order valence-corrected chi connectivity index (χ4v) is 3.76. The Bertz CT molecular complexity index is 551. The van der Waals surface area contributed by atoms with Crippen LogP contribution in [0.25, 0.3) is 0 Å². The van der Waals surface area contributed by atoms with Gasteiger partial charge in [0.1, 0.15) is 4.90 Å². The zero-order valence-electron chi connectivity index (χ0n) is 11.4. The van der Waals surface area contributed by atoms with Gasteiger partial charge in [0.15, 0.2) is 0 Å². The number of aromatic nitrogens is 1. The molecule has 0 bridgehead atoms. The zero-order chi connectivity index (χ0) is 14.6. The van der Waals surface area contributed by atoms with Crippen molar-refractivity contribution in [3.05, 3.63) is 24.5 Å². The second-order valence-corrected chi connectivity index (χ2v) is 6.70. The maximum absolute atomic E-state index is 12.4. The molecule has 1 saturated heterocycles. The molecule has 2 heterocycles. The van der Waals surface area contributed by atoms with Crippen LogP contribution in [0.2, 0.25) is 0 Å². The zero-order valence-corrected chi connectivity index (χ0v) is 12.3. The van der Waals surface area contributed by atoms with E-state index in [9.17, 15) is 13.2 Å². The third-order valence-corrected chi connectivity index (χ3v) is 5.33. The molecule has 2 rings (SSSR count). The molecular weight excluding hydrogens is 278 g/mol. The van der Waals surface area contributed by atoms with E-state index in [0.717, 1.165) is 0 Å². The molecule has 0 radical (unpaired) electrons. The van der Waals surface area contributed by atoms with Crippen LogP contribution in [0.5, 0.6) is 0 Å². The van der Waals surface area contributed by atoms with Crippen LogP contribution in [0.15, 0.2) is 29.4 Å². The van der Waals surface area contributed by atoms with E-state index in [4.69, 9.17) is 0 Å². The predicted octanol–water partition coefficient (Wildman–Crippen LogP) is 0.618. The Morgan fingerprint density at radius 1 is 1.45 bits per heavy atom. The monoisotopic (exact) mass is 297 g/mol. The third kappa shape index (κ3) is 3.16. The van der Waals surface area contributed by atoms with E-state index in [1.54, 1.807) is 12.3 Å². The van der Waals surface area contributed by atoms with Gasteiger partial charge in [-0.3, -0.25) is 9.78 Å². The van der Waals surface area contributed by atoms with Crippen LogP contribution in [0, 0.1) is 5.92 Å². The summed E-state index contributed by atoms with van der Waals surface area (Å²) in [6, 6.07) is 3.15. The number of sulfonamides is 1. The summed E-state index contributed by atoms with van der Waals surface area (Å²) >= 11 is 0. The van der Waals surface area contributed by atoms with E-state index < -0.39 is 10.0 Å². The Hall–Kier alpha value is -1.47. The fraction of sp³-hybridized carbons (Fsp3) is 0.538. The second kappa shape index (κ2) is 6.32.